The number of hydrogen-bond donors (Lipinski definition) is 0. The maximum Gasteiger partial charge on any atom is 0.260 e. The second-order valence-corrected chi connectivity index (χ2v) is 7.99. The van der Waals surface area contributed by atoms with Gasteiger partial charge in [-0.25, -0.2) is 0 Å². The molecular weight excluding hydrogens is 404 g/mol. The van der Waals surface area contributed by atoms with E-state index in [4.69, 9.17) is 9.47 Å². The Kier molecular flexibility index (Phi) is 6.54. The normalized spacial score (nSPS) is 13.7. The molecule has 2 heterocycles. The number of amides is 1. The summed E-state index contributed by atoms with van der Waals surface area (Å²) >= 11 is 0. The highest BCUT2D eigenvalue weighted by molar-refractivity contribution is 5.78. The van der Waals surface area contributed by atoms with Crippen molar-refractivity contribution in [3.8, 4) is 22.8 Å². The Morgan fingerprint density at radius 1 is 0.906 bits per heavy atom. The van der Waals surface area contributed by atoms with Crippen LogP contribution in [-0.4, -0.2) is 60.9 Å². The number of aryl methyl sites for hydroxylation is 2. The van der Waals surface area contributed by atoms with Gasteiger partial charge in [0, 0.05) is 31.7 Å². The number of nitrogens with zero attached hydrogens (tertiary/aromatic N) is 4. The van der Waals surface area contributed by atoms with Crippen LogP contribution >= 0.6 is 0 Å². The number of carbonyl (C=O) groups excluding carboxylic acids is 1. The van der Waals surface area contributed by atoms with Crippen molar-refractivity contribution in [3.05, 3.63) is 65.7 Å². The Labute approximate surface area is 188 Å². The zero-order valence-electron chi connectivity index (χ0n) is 18.7. The fraction of sp³-hybridized carbons (Fsp3) is 0.320. The van der Waals surface area contributed by atoms with Gasteiger partial charge in [0.2, 0.25) is 0 Å². The van der Waals surface area contributed by atoms with Crippen molar-refractivity contribution in [2.75, 3.05) is 44.8 Å². The monoisotopic (exact) mass is 432 g/mol. The van der Waals surface area contributed by atoms with Gasteiger partial charge in [-0.15, -0.1) is 10.2 Å². The lowest BCUT2D eigenvalue weighted by Gasteiger charge is -2.35. The molecule has 0 saturated carbocycles. The molecule has 1 saturated heterocycles. The Morgan fingerprint density at radius 2 is 1.66 bits per heavy atom. The average Bonchev–Trinajstić information content (AvgIpc) is 2.82. The molecule has 1 aliphatic heterocycles. The number of hydrogen-bond acceptors (Lipinski definition) is 6. The van der Waals surface area contributed by atoms with E-state index in [1.165, 1.54) is 0 Å². The van der Waals surface area contributed by atoms with Crippen molar-refractivity contribution < 1.29 is 14.3 Å². The molecule has 1 amide bonds. The summed E-state index contributed by atoms with van der Waals surface area (Å²) in [5.41, 5.74) is 4.01. The predicted molar refractivity (Wildman–Crippen MR) is 124 cm³/mol. The fourth-order valence-electron chi connectivity index (χ4n) is 3.87. The predicted octanol–water partition coefficient (Wildman–Crippen LogP) is 3.50. The van der Waals surface area contributed by atoms with E-state index in [1.807, 2.05) is 67.3 Å². The van der Waals surface area contributed by atoms with Crippen molar-refractivity contribution in [3.63, 3.8) is 0 Å². The number of aromatic nitrogens is 2. The highest BCUT2D eigenvalue weighted by Crippen LogP contribution is 2.23. The first-order valence-corrected chi connectivity index (χ1v) is 10.7. The van der Waals surface area contributed by atoms with Crippen LogP contribution in [0.1, 0.15) is 11.1 Å². The largest absolute Gasteiger partial charge is 0.497 e. The molecule has 1 aliphatic rings. The van der Waals surface area contributed by atoms with E-state index >= 15 is 0 Å². The van der Waals surface area contributed by atoms with E-state index in [-0.39, 0.29) is 12.5 Å². The fourth-order valence-corrected chi connectivity index (χ4v) is 3.87. The Bertz CT molecular complexity index is 1060. The van der Waals surface area contributed by atoms with Crippen LogP contribution in [0.2, 0.25) is 0 Å². The molecule has 3 aromatic rings. The maximum atomic E-state index is 12.6. The molecule has 4 rings (SSSR count). The van der Waals surface area contributed by atoms with Crippen LogP contribution in [0, 0.1) is 13.8 Å². The molecule has 0 N–H and O–H groups in total. The molecule has 7 heteroatoms. The van der Waals surface area contributed by atoms with Crippen molar-refractivity contribution >= 4 is 11.7 Å². The highest BCUT2D eigenvalue weighted by atomic mass is 16.5. The molecule has 2 aromatic carbocycles. The van der Waals surface area contributed by atoms with Crippen LogP contribution < -0.4 is 14.4 Å². The van der Waals surface area contributed by atoms with E-state index in [1.54, 1.807) is 7.11 Å². The van der Waals surface area contributed by atoms with Crippen LogP contribution in [0.4, 0.5) is 5.82 Å². The van der Waals surface area contributed by atoms with Crippen molar-refractivity contribution in [1.29, 1.82) is 0 Å². The third-order valence-electron chi connectivity index (χ3n) is 5.53. The number of ether oxygens (including phenoxy) is 2. The first-order valence-electron chi connectivity index (χ1n) is 10.7. The second-order valence-electron chi connectivity index (χ2n) is 7.99. The molecular formula is C25H28N4O3. The zero-order valence-corrected chi connectivity index (χ0v) is 18.7. The first kappa shape index (κ1) is 21.6. The second kappa shape index (κ2) is 9.68. The van der Waals surface area contributed by atoms with E-state index < -0.39 is 0 Å². The SMILES string of the molecule is COc1cccc(-c2ccc(N3CCN(C(=O)COc4cc(C)cc(C)c4)CC3)nn2)c1. The number of piperazine rings is 1. The molecule has 7 nitrogen and oxygen atoms in total. The van der Waals surface area contributed by atoms with Gasteiger partial charge in [0.15, 0.2) is 12.4 Å². The Hall–Kier alpha value is -3.61. The maximum absolute atomic E-state index is 12.6. The summed E-state index contributed by atoms with van der Waals surface area (Å²) in [6, 6.07) is 17.7. The van der Waals surface area contributed by atoms with Crippen molar-refractivity contribution in [2.24, 2.45) is 0 Å². The lowest BCUT2D eigenvalue weighted by atomic mass is 10.1. The topological polar surface area (TPSA) is 67.8 Å². The summed E-state index contributed by atoms with van der Waals surface area (Å²) in [4.78, 5) is 16.6. The minimum atomic E-state index is 0.00302. The number of rotatable bonds is 6. The van der Waals surface area contributed by atoms with Gasteiger partial charge in [-0.3, -0.25) is 4.79 Å². The molecule has 0 unspecified atom stereocenters. The molecule has 1 aromatic heterocycles. The quantitative estimate of drug-likeness (QED) is 0.594. The minimum Gasteiger partial charge on any atom is -0.497 e. The summed E-state index contributed by atoms with van der Waals surface area (Å²) in [6.45, 7) is 6.78. The Morgan fingerprint density at radius 3 is 2.31 bits per heavy atom. The van der Waals surface area contributed by atoms with Gasteiger partial charge in [-0.05, 0) is 61.4 Å². The molecule has 166 valence electrons. The zero-order chi connectivity index (χ0) is 22.5. The molecule has 0 aliphatic carbocycles. The lowest BCUT2D eigenvalue weighted by Crippen LogP contribution is -2.50. The van der Waals surface area contributed by atoms with E-state index in [9.17, 15) is 4.79 Å². The highest BCUT2D eigenvalue weighted by Gasteiger charge is 2.22. The molecule has 0 radical (unpaired) electrons. The third kappa shape index (κ3) is 5.17. The molecule has 32 heavy (non-hydrogen) atoms. The van der Waals surface area contributed by atoms with Crippen LogP contribution in [-0.2, 0) is 4.79 Å². The van der Waals surface area contributed by atoms with Crippen LogP contribution in [0.25, 0.3) is 11.3 Å². The summed E-state index contributed by atoms with van der Waals surface area (Å²) < 4.78 is 11.0. The standard InChI is InChI=1S/C25H28N4O3/c1-18-13-19(2)15-22(14-18)32-17-25(30)29-11-9-28(10-12-29)24-8-7-23(26-27-24)20-5-4-6-21(16-20)31-3/h4-8,13-16H,9-12,17H2,1-3H3. The summed E-state index contributed by atoms with van der Waals surface area (Å²) in [6.07, 6.45) is 0. The molecule has 0 bridgehead atoms. The first-order chi connectivity index (χ1) is 15.5. The minimum absolute atomic E-state index is 0.00302. The number of carbonyl (C=O) groups is 1. The molecule has 0 spiro atoms. The average molecular weight is 433 g/mol. The van der Waals surface area contributed by atoms with Crippen molar-refractivity contribution in [2.45, 2.75) is 13.8 Å². The van der Waals surface area contributed by atoms with Crippen LogP contribution in [0.15, 0.2) is 54.6 Å². The summed E-state index contributed by atoms with van der Waals surface area (Å²) in [5.74, 6) is 2.34. The lowest BCUT2D eigenvalue weighted by molar-refractivity contribution is -0.133. The molecule has 1 fully saturated rings. The Balaban J connectivity index is 1.30. The molecule has 0 atom stereocenters. The van der Waals surface area contributed by atoms with Gasteiger partial charge in [-0.2, -0.15) is 0 Å². The third-order valence-corrected chi connectivity index (χ3v) is 5.53. The van der Waals surface area contributed by atoms with Gasteiger partial charge >= 0.3 is 0 Å². The van der Waals surface area contributed by atoms with Gasteiger partial charge in [0.05, 0.1) is 12.8 Å². The van der Waals surface area contributed by atoms with Gasteiger partial charge < -0.3 is 19.3 Å². The summed E-state index contributed by atoms with van der Waals surface area (Å²) in [7, 11) is 1.65. The van der Waals surface area contributed by atoms with E-state index in [0.717, 1.165) is 39.7 Å². The number of benzene rings is 2. The van der Waals surface area contributed by atoms with Crippen molar-refractivity contribution in [1.82, 2.24) is 15.1 Å². The number of anilines is 1. The van der Waals surface area contributed by atoms with Crippen LogP contribution in [0.5, 0.6) is 11.5 Å². The number of methoxy groups -OCH3 is 1. The van der Waals surface area contributed by atoms with Crippen LogP contribution in [0.3, 0.4) is 0 Å². The van der Waals surface area contributed by atoms with E-state index in [0.29, 0.717) is 26.2 Å². The van der Waals surface area contributed by atoms with E-state index in [2.05, 4.69) is 21.2 Å². The smallest absolute Gasteiger partial charge is 0.260 e. The van der Waals surface area contributed by atoms with Gasteiger partial charge in [0.25, 0.3) is 5.91 Å². The van der Waals surface area contributed by atoms with Gasteiger partial charge in [-0.1, -0.05) is 18.2 Å². The summed E-state index contributed by atoms with van der Waals surface area (Å²) in [5, 5.41) is 8.79. The van der Waals surface area contributed by atoms with Gasteiger partial charge in [0.1, 0.15) is 11.5 Å².